The Balaban J connectivity index is 0. The molecule has 0 fully saturated rings. The topological polar surface area (TPSA) is 60.7 Å². The van der Waals surface area contributed by atoms with Crippen LogP contribution in [0.4, 0.5) is 0 Å². The second kappa shape index (κ2) is 8.97. The van der Waals surface area contributed by atoms with Crippen LogP contribution in [-0.4, -0.2) is 35.1 Å². The third kappa shape index (κ3) is 6.87. The zero-order valence-corrected chi connectivity index (χ0v) is 9.38. The monoisotopic (exact) mass is 202 g/mol. The molecule has 0 aromatic rings. The highest BCUT2D eigenvalue weighted by atomic mass is 16.3. The summed E-state index contributed by atoms with van der Waals surface area (Å²) < 4.78 is 0. The molecule has 0 saturated carbocycles. The van der Waals surface area contributed by atoms with Gasteiger partial charge in [0.2, 0.25) is 0 Å². The fourth-order valence-corrected chi connectivity index (χ4v) is 0.485. The molecule has 3 N–H and O–H groups in total. The summed E-state index contributed by atoms with van der Waals surface area (Å²) in [5.41, 5.74) is 3.17. The summed E-state index contributed by atoms with van der Waals surface area (Å²) in [7, 11) is 0. The van der Waals surface area contributed by atoms with Crippen LogP contribution in [0.3, 0.4) is 0 Å². The van der Waals surface area contributed by atoms with E-state index in [1.165, 1.54) is 0 Å². The summed E-state index contributed by atoms with van der Waals surface area (Å²) in [6.07, 6.45) is 0.594. The number of hydrogen-bond donors (Lipinski definition) is 3. The van der Waals surface area contributed by atoms with Crippen LogP contribution in [0, 0.1) is 5.41 Å². The van der Waals surface area contributed by atoms with Gasteiger partial charge in [-0.15, -0.1) is 5.73 Å². The average molecular weight is 202 g/mol. The van der Waals surface area contributed by atoms with Crippen LogP contribution in [0.25, 0.3) is 0 Å². The largest absolute Gasteiger partial charge is 0.396 e. The third-order valence-electron chi connectivity index (χ3n) is 2.11. The van der Waals surface area contributed by atoms with Crippen LogP contribution < -0.4 is 0 Å². The number of aliphatic hydroxyl groups is 3. The summed E-state index contributed by atoms with van der Waals surface area (Å²) in [6, 6.07) is 0. The van der Waals surface area contributed by atoms with Crippen molar-refractivity contribution in [2.45, 2.75) is 27.2 Å². The molecule has 0 unspecified atom stereocenters. The molecule has 0 aromatic carbocycles. The summed E-state index contributed by atoms with van der Waals surface area (Å²) in [4.78, 5) is 0. The van der Waals surface area contributed by atoms with Crippen LogP contribution >= 0.6 is 0 Å². The van der Waals surface area contributed by atoms with Crippen molar-refractivity contribution >= 4 is 0 Å². The van der Waals surface area contributed by atoms with Crippen molar-refractivity contribution in [1.29, 1.82) is 0 Å². The van der Waals surface area contributed by atoms with Gasteiger partial charge in [0, 0.05) is 5.41 Å². The van der Waals surface area contributed by atoms with Gasteiger partial charge < -0.3 is 15.3 Å². The molecule has 3 nitrogen and oxygen atoms in total. The summed E-state index contributed by atoms with van der Waals surface area (Å²) in [6.45, 7) is 8.68. The molecule has 0 aliphatic carbocycles. The van der Waals surface area contributed by atoms with Gasteiger partial charge in [-0.2, -0.15) is 0 Å². The number of rotatable bonds is 4. The Hall–Kier alpha value is -0.600. The van der Waals surface area contributed by atoms with E-state index in [4.69, 9.17) is 15.3 Å². The molecule has 0 atom stereocenters. The Morgan fingerprint density at radius 2 is 1.43 bits per heavy atom. The summed E-state index contributed by atoms with van der Waals surface area (Å²) in [5.74, 6) is 0. The molecule has 0 aromatic heterocycles. The minimum absolute atomic E-state index is 0.156. The Kier molecular flexibility index (Phi) is 10.2. The first-order valence-corrected chi connectivity index (χ1v) is 4.67. The molecule has 0 radical (unpaired) electrons. The number of allylic oxidation sites excluding steroid dienone is 1. The Morgan fingerprint density at radius 3 is 1.43 bits per heavy atom. The van der Waals surface area contributed by atoms with E-state index in [0.717, 1.165) is 5.57 Å². The highest BCUT2D eigenvalue weighted by Gasteiger charge is 2.24. The molecular formula is C11H22O3. The van der Waals surface area contributed by atoms with E-state index in [-0.39, 0.29) is 19.8 Å². The van der Waals surface area contributed by atoms with Crippen LogP contribution in [0.15, 0.2) is 17.9 Å². The fraction of sp³-hybridized carbons (Fsp3) is 0.727. The van der Waals surface area contributed by atoms with Crippen LogP contribution in [-0.2, 0) is 0 Å². The lowest BCUT2D eigenvalue weighted by Gasteiger charge is -2.24. The molecule has 0 rings (SSSR count). The fourth-order valence-electron chi connectivity index (χ4n) is 0.485. The lowest BCUT2D eigenvalue weighted by molar-refractivity contribution is 0.00304. The Bertz CT molecular complexity index is 155. The summed E-state index contributed by atoms with van der Waals surface area (Å²) in [5, 5.41) is 26.0. The second-order valence-corrected chi connectivity index (χ2v) is 3.50. The van der Waals surface area contributed by atoms with Gasteiger partial charge in [0.15, 0.2) is 0 Å². The maximum absolute atomic E-state index is 8.66. The van der Waals surface area contributed by atoms with E-state index in [0.29, 0.717) is 6.42 Å². The minimum atomic E-state index is -0.667. The Labute approximate surface area is 86.4 Å². The Morgan fingerprint density at radius 1 is 1.14 bits per heavy atom. The zero-order valence-electron chi connectivity index (χ0n) is 9.38. The van der Waals surface area contributed by atoms with E-state index in [1.54, 1.807) is 0 Å². The summed E-state index contributed by atoms with van der Waals surface area (Å²) >= 11 is 0. The average Bonchev–Trinajstić information content (AvgIpc) is 2.23. The van der Waals surface area contributed by atoms with Crippen molar-refractivity contribution in [2.75, 3.05) is 19.8 Å². The lowest BCUT2D eigenvalue weighted by atomic mass is 9.88. The molecule has 0 bridgehead atoms. The van der Waals surface area contributed by atoms with Crippen molar-refractivity contribution < 1.29 is 15.3 Å². The van der Waals surface area contributed by atoms with E-state index < -0.39 is 5.41 Å². The lowest BCUT2D eigenvalue weighted by Crippen LogP contribution is -2.32. The molecule has 0 spiro atoms. The molecule has 84 valence electrons. The maximum atomic E-state index is 8.66. The molecule has 0 aliphatic heterocycles. The van der Waals surface area contributed by atoms with Gasteiger partial charge >= 0.3 is 0 Å². The maximum Gasteiger partial charge on any atom is 0.0531 e. The number of aliphatic hydroxyl groups excluding tert-OH is 3. The molecule has 0 heterocycles. The van der Waals surface area contributed by atoms with Crippen LogP contribution in [0.1, 0.15) is 27.2 Å². The molecule has 0 aliphatic rings. The first kappa shape index (κ1) is 15.9. The predicted molar refractivity (Wildman–Crippen MR) is 58.0 cm³/mol. The van der Waals surface area contributed by atoms with Gasteiger partial charge in [-0.25, -0.2) is 0 Å². The van der Waals surface area contributed by atoms with Crippen LogP contribution in [0.5, 0.6) is 0 Å². The standard InChI is InChI=1S/C6H14O3.C5H8/c1-2-6(3-7,4-8)5-9;1-4-5(2)3/h7-9H,2-5H2,1H3;1H2,2-3H3. The van der Waals surface area contributed by atoms with E-state index >= 15 is 0 Å². The van der Waals surface area contributed by atoms with Gasteiger partial charge in [-0.05, 0) is 25.8 Å². The molecule has 14 heavy (non-hydrogen) atoms. The van der Waals surface area contributed by atoms with E-state index in [1.807, 2.05) is 20.8 Å². The van der Waals surface area contributed by atoms with Gasteiger partial charge in [0.1, 0.15) is 0 Å². The van der Waals surface area contributed by atoms with Crippen molar-refractivity contribution in [2.24, 2.45) is 5.41 Å². The normalized spacial score (nSPS) is 9.86. The highest BCUT2D eigenvalue weighted by molar-refractivity contribution is 4.87. The smallest absolute Gasteiger partial charge is 0.0531 e. The third-order valence-corrected chi connectivity index (χ3v) is 2.11. The van der Waals surface area contributed by atoms with Crippen LogP contribution in [0.2, 0.25) is 0 Å². The second-order valence-electron chi connectivity index (χ2n) is 3.50. The molecule has 0 saturated heterocycles. The van der Waals surface area contributed by atoms with Gasteiger partial charge in [0.25, 0.3) is 0 Å². The zero-order chi connectivity index (χ0) is 11.6. The van der Waals surface area contributed by atoms with E-state index in [2.05, 4.69) is 12.3 Å². The first-order valence-electron chi connectivity index (χ1n) is 4.67. The molecule has 3 heteroatoms. The van der Waals surface area contributed by atoms with E-state index in [9.17, 15) is 0 Å². The van der Waals surface area contributed by atoms with Gasteiger partial charge in [-0.1, -0.05) is 13.5 Å². The van der Waals surface area contributed by atoms with Crippen molar-refractivity contribution in [3.05, 3.63) is 17.9 Å². The molecular weight excluding hydrogens is 180 g/mol. The van der Waals surface area contributed by atoms with Crippen molar-refractivity contribution in [3.63, 3.8) is 0 Å². The first-order chi connectivity index (χ1) is 6.51. The quantitative estimate of drug-likeness (QED) is 0.598. The highest BCUT2D eigenvalue weighted by Crippen LogP contribution is 2.18. The van der Waals surface area contributed by atoms with Gasteiger partial charge in [-0.3, -0.25) is 0 Å². The van der Waals surface area contributed by atoms with Crippen molar-refractivity contribution in [3.8, 4) is 0 Å². The van der Waals surface area contributed by atoms with Crippen molar-refractivity contribution in [1.82, 2.24) is 0 Å². The number of hydrogen-bond acceptors (Lipinski definition) is 3. The minimum Gasteiger partial charge on any atom is -0.396 e. The SMILES string of the molecule is C=C=C(C)C.CCC(CO)(CO)CO. The molecule has 0 amide bonds. The predicted octanol–water partition coefficient (Wildman–Crippen LogP) is 1.10. The van der Waals surface area contributed by atoms with Gasteiger partial charge in [0.05, 0.1) is 19.8 Å².